The zero-order valence-electron chi connectivity index (χ0n) is 10.6. The van der Waals surface area contributed by atoms with Crippen LogP contribution in [0.5, 0.6) is 0 Å². The first-order valence-electron chi connectivity index (χ1n) is 6.05. The van der Waals surface area contributed by atoms with E-state index in [1.54, 1.807) is 19.1 Å². The van der Waals surface area contributed by atoms with Gasteiger partial charge in [0.25, 0.3) is 0 Å². The van der Waals surface area contributed by atoms with Crippen molar-refractivity contribution in [1.82, 2.24) is 0 Å². The van der Waals surface area contributed by atoms with E-state index in [1.165, 1.54) is 30.3 Å². The third-order valence-corrected chi connectivity index (χ3v) is 3.09. The van der Waals surface area contributed by atoms with E-state index in [4.69, 9.17) is 4.42 Å². The second-order valence-electron chi connectivity index (χ2n) is 4.58. The van der Waals surface area contributed by atoms with Crippen LogP contribution >= 0.6 is 0 Å². The van der Waals surface area contributed by atoms with Gasteiger partial charge < -0.3 is 4.42 Å². The highest BCUT2D eigenvalue weighted by atomic mass is 19.1. The summed E-state index contributed by atoms with van der Waals surface area (Å²) in [5.41, 5.74) is 0.686. The Morgan fingerprint density at radius 2 is 1.85 bits per heavy atom. The molecule has 0 aliphatic rings. The molecule has 2 nitrogen and oxygen atoms in total. The molecule has 100 valence electrons. The molecule has 3 rings (SSSR count). The molecule has 0 aliphatic heterocycles. The molecule has 0 N–H and O–H groups in total. The zero-order chi connectivity index (χ0) is 14.3. The van der Waals surface area contributed by atoms with Gasteiger partial charge in [-0.3, -0.25) is 4.79 Å². The minimum absolute atomic E-state index is 0.00362. The predicted octanol–water partition coefficient (Wildman–Crippen LogP) is 4.25. The Labute approximate surface area is 113 Å². The van der Waals surface area contributed by atoms with E-state index in [9.17, 15) is 13.6 Å². The Hall–Kier alpha value is -2.49. The summed E-state index contributed by atoms with van der Waals surface area (Å²) >= 11 is 0. The first-order valence-corrected chi connectivity index (χ1v) is 6.05. The monoisotopic (exact) mass is 272 g/mol. The highest BCUT2D eigenvalue weighted by Crippen LogP contribution is 2.24. The summed E-state index contributed by atoms with van der Waals surface area (Å²) in [6, 6.07) is 10.1. The third-order valence-electron chi connectivity index (χ3n) is 3.09. The van der Waals surface area contributed by atoms with Gasteiger partial charge in [0.1, 0.15) is 5.82 Å². The lowest BCUT2D eigenvalue weighted by Crippen LogP contribution is -2.03. The molecule has 0 radical (unpaired) electrons. The molecule has 0 spiro atoms. The van der Waals surface area contributed by atoms with Gasteiger partial charge in [0.05, 0.1) is 5.56 Å². The Kier molecular flexibility index (Phi) is 2.86. The van der Waals surface area contributed by atoms with E-state index >= 15 is 0 Å². The summed E-state index contributed by atoms with van der Waals surface area (Å²) < 4.78 is 32.5. The Morgan fingerprint density at radius 3 is 2.60 bits per heavy atom. The Balaban J connectivity index is 2.13. The average molecular weight is 272 g/mol. The number of furan rings is 1. The van der Waals surface area contributed by atoms with Crippen molar-refractivity contribution >= 4 is 16.8 Å². The van der Waals surface area contributed by atoms with Crippen LogP contribution in [0.1, 0.15) is 21.7 Å². The van der Waals surface area contributed by atoms with Crippen molar-refractivity contribution in [2.24, 2.45) is 0 Å². The maximum absolute atomic E-state index is 13.7. The second kappa shape index (κ2) is 4.56. The van der Waals surface area contributed by atoms with Crippen molar-refractivity contribution in [2.75, 3.05) is 0 Å². The maximum Gasteiger partial charge on any atom is 0.231 e. The molecule has 0 saturated heterocycles. The van der Waals surface area contributed by atoms with E-state index < -0.39 is 17.4 Å². The van der Waals surface area contributed by atoms with E-state index in [1.807, 2.05) is 0 Å². The Morgan fingerprint density at radius 1 is 1.05 bits per heavy atom. The average Bonchev–Trinajstić information content (AvgIpc) is 2.86. The number of carbonyl (C=O) groups is 1. The van der Waals surface area contributed by atoms with Crippen LogP contribution in [0.3, 0.4) is 0 Å². The van der Waals surface area contributed by atoms with Gasteiger partial charge in [-0.05, 0) is 31.2 Å². The molecule has 1 aromatic heterocycles. The smallest absolute Gasteiger partial charge is 0.231 e. The molecule has 0 fully saturated rings. The van der Waals surface area contributed by atoms with Crippen molar-refractivity contribution < 1.29 is 18.0 Å². The molecular weight excluding hydrogens is 262 g/mol. The molecule has 2 aromatic carbocycles. The minimum Gasteiger partial charge on any atom is -0.449 e. The summed E-state index contributed by atoms with van der Waals surface area (Å²) in [6.45, 7) is 1.76. The third kappa shape index (κ3) is 1.99. The van der Waals surface area contributed by atoms with Crippen molar-refractivity contribution in [2.45, 2.75) is 6.92 Å². The van der Waals surface area contributed by atoms with Gasteiger partial charge in [0, 0.05) is 5.39 Å². The molecule has 0 unspecified atom stereocenters. The van der Waals surface area contributed by atoms with Gasteiger partial charge in [-0.25, -0.2) is 8.78 Å². The van der Waals surface area contributed by atoms with Crippen molar-refractivity contribution in [1.29, 1.82) is 0 Å². The lowest BCUT2D eigenvalue weighted by Gasteiger charge is -2.01. The van der Waals surface area contributed by atoms with E-state index in [0.29, 0.717) is 5.39 Å². The fourth-order valence-corrected chi connectivity index (χ4v) is 2.09. The summed E-state index contributed by atoms with van der Waals surface area (Å²) in [5, 5.41) is 0.474. The topological polar surface area (TPSA) is 30.2 Å². The van der Waals surface area contributed by atoms with Crippen molar-refractivity contribution in [3.63, 3.8) is 0 Å². The zero-order valence-corrected chi connectivity index (χ0v) is 10.6. The number of fused-ring (bicyclic) bond motifs is 1. The van der Waals surface area contributed by atoms with Crippen LogP contribution < -0.4 is 0 Å². The van der Waals surface area contributed by atoms with E-state index in [2.05, 4.69) is 0 Å². The van der Waals surface area contributed by atoms with Crippen molar-refractivity contribution in [3.8, 4) is 0 Å². The summed E-state index contributed by atoms with van der Waals surface area (Å²) in [6.07, 6.45) is 0. The molecule has 20 heavy (non-hydrogen) atoms. The maximum atomic E-state index is 13.7. The predicted molar refractivity (Wildman–Crippen MR) is 70.7 cm³/mol. The van der Waals surface area contributed by atoms with Crippen LogP contribution in [0, 0.1) is 18.6 Å². The first-order chi connectivity index (χ1) is 9.56. The van der Waals surface area contributed by atoms with Crippen LogP contribution in [-0.4, -0.2) is 5.78 Å². The quantitative estimate of drug-likeness (QED) is 0.653. The minimum atomic E-state index is -0.624. The molecule has 0 aliphatic carbocycles. The fraction of sp³-hybridized carbons (Fsp3) is 0.0625. The van der Waals surface area contributed by atoms with Gasteiger partial charge in [-0.15, -0.1) is 0 Å². The van der Waals surface area contributed by atoms with Gasteiger partial charge >= 0.3 is 0 Å². The van der Waals surface area contributed by atoms with Gasteiger partial charge in [-0.2, -0.15) is 0 Å². The number of rotatable bonds is 2. The number of halogens is 2. The van der Waals surface area contributed by atoms with Crippen LogP contribution in [0.25, 0.3) is 11.0 Å². The van der Waals surface area contributed by atoms with Crippen LogP contribution in [0.15, 0.2) is 46.9 Å². The summed E-state index contributed by atoms with van der Waals surface area (Å²) in [7, 11) is 0. The number of ketones is 1. The van der Waals surface area contributed by atoms with Gasteiger partial charge in [0.2, 0.25) is 5.78 Å². The number of aryl methyl sites for hydroxylation is 1. The number of carbonyl (C=O) groups excluding carboxylic acids is 1. The SMILES string of the molecule is Cc1ccc(F)c(C(=O)c2cc3cccc(F)c3o2)c1. The molecule has 0 bridgehead atoms. The van der Waals surface area contributed by atoms with Gasteiger partial charge in [0.15, 0.2) is 17.2 Å². The van der Waals surface area contributed by atoms with Crippen LogP contribution in [0.4, 0.5) is 8.78 Å². The number of benzene rings is 2. The Bertz CT molecular complexity index is 818. The van der Waals surface area contributed by atoms with E-state index in [0.717, 1.165) is 5.56 Å². The highest BCUT2D eigenvalue weighted by Gasteiger charge is 2.19. The van der Waals surface area contributed by atoms with Crippen molar-refractivity contribution in [3.05, 3.63) is 71.0 Å². The molecule has 0 saturated carbocycles. The number of para-hydroxylation sites is 1. The molecule has 4 heteroatoms. The summed E-state index contributed by atoms with van der Waals surface area (Å²) in [5.74, 6) is -1.84. The standard InChI is InChI=1S/C16H10F2O2/c1-9-5-6-12(17)11(7-9)15(19)14-8-10-3-2-4-13(18)16(10)20-14/h2-8H,1H3. The van der Waals surface area contributed by atoms with Crippen LogP contribution in [-0.2, 0) is 0 Å². The highest BCUT2D eigenvalue weighted by molar-refractivity contribution is 6.09. The lowest BCUT2D eigenvalue weighted by molar-refractivity contribution is 0.101. The summed E-state index contributed by atoms with van der Waals surface area (Å²) in [4.78, 5) is 12.2. The largest absolute Gasteiger partial charge is 0.449 e. The number of hydrogen-bond acceptors (Lipinski definition) is 2. The molecule has 0 amide bonds. The molecular formula is C16H10F2O2. The molecule has 0 atom stereocenters. The lowest BCUT2D eigenvalue weighted by atomic mass is 10.1. The second-order valence-corrected chi connectivity index (χ2v) is 4.58. The normalized spacial score (nSPS) is 10.9. The fourth-order valence-electron chi connectivity index (χ4n) is 2.09. The van der Waals surface area contributed by atoms with E-state index in [-0.39, 0.29) is 16.9 Å². The first kappa shape index (κ1) is 12.5. The van der Waals surface area contributed by atoms with Gasteiger partial charge in [-0.1, -0.05) is 23.8 Å². The molecule has 1 heterocycles. The number of hydrogen-bond donors (Lipinski definition) is 0. The van der Waals surface area contributed by atoms with Crippen LogP contribution in [0.2, 0.25) is 0 Å². The molecule has 3 aromatic rings.